The summed E-state index contributed by atoms with van der Waals surface area (Å²) in [7, 11) is 0. The third-order valence-corrected chi connectivity index (χ3v) is 3.16. The van der Waals surface area contributed by atoms with E-state index in [1.54, 1.807) is 4.90 Å². The minimum Gasteiger partial charge on any atom is -0.479 e. The molecule has 1 rings (SSSR count). The van der Waals surface area contributed by atoms with E-state index < -0.39 is 12.1 Å². The number of nitrogens with two attached hydrogens (primary N) is 1. The molecule has 1 aliphatic rings. The second-order valence-electron chi connectivity index (χ2n) is 4.54. The Hall–Kier alpha value is -1.83. The maximum absolute atomic E-state index is 11.7. The summed E-state index contributed by atoms with van der Waals surface area (Å²) in [6.07, 6.45) is -0.430. The van der Waals surface area contributed by atoms with Crippen LogP contribution in [-0.2, 0) is 9.59 Å². The predicted octanol–water partition coefficient (Wildman–Crippen LogP) is -1.27. The van der Waals surface area contributed by atoms with Crippen LogP contribution in [0.4, 0.5) is 4.79 Å². The van der Waals surface area contributed by atoms with E-state index in [4.69, 9.17) is 15.9 Å². The molecule has 0 aromatic heterocycles. The minimum atomic E-state index is -1.47. The predicted molar refractivity (Wildman–Crippen MR) is 65.1 cm³/mol. The Labute approximate surface area is 110 Å². The Bertz CT molecular complexity index is 352. The molecule has 1 atom stereocenters. The summed E-state index contributed by atoms with van der Waals surface area (Å²) < 4.78 is 0. The van der Waals surface area contributed by atoms with Crippen LogP contribution in [0.5, 0.6) is 0 Å². The third-order valence-electron chi connectivity index (χ3n) is 3.16. The summed E-state index contributed by atoms with van der Waals surface area (Å²) in [6.45, 7) is 0.976. The van der Waals surface area contributed by atoms with E-state index in [0.29, 0.717) is 25.9 Å². The van der Waals surface area contributed by atoms with Gasteiger partial charge in [0, 0.05) is 32.0 Å². The number of hydrogen-bond acceptors (Lipinski definition) is 4. The van der Waals surface area contributed by atoms with Crippen molar-refractivity contribution in [2.45, 2.75) is 25.4 Å². The molecular weight excluding hydrogens is 254 g/mol. The Morgan fingerprint density at radius 1 is 1.32 bits per heavy atom. The molecule has 0 spiro atoms. The number of piperidine rings is 1. The molecule has 1 aliphatic heterocycles. The van der Waals surface area contributed by atoms with Gasteiger partial charge in [-0.3, -0.25) is 4.79 Å². The van der Waals surface area contributed by atoms with Crippen molar-refractivity contribution in [2.75, 3.05) is 19.6 Å². The van der Waals surface area contributed by atoms with E-state index >= 15 is 0 Å². The maximum Gasteiger partial charge on any atom is 0.332 e. The quantitative estimate of drug-likeness (QED) is 0.495. The van der Waals surface area contributed by atoms with Crippen molar-refractivity contribution in [3.63, 3.8) is 0 Å². The first kappa shape index (κ1) is 15.2. The van der Waals surface area contributed by atoms with Gasteiger partial charge in [0.15, 0.2) is 6.10 Å². The zero-order valence-electron chi connectivity index (χ0n) is 10.5. The number of aliphatic hydroxyl groups excluding tert-OH is 1. The van der Waals surface area contributed by atoms with Crippen molar-refractivity contribution in [3.05, 3.63) is 0 Å². The number of nitrogens with zero attached hydrogens (tertiary/aromatic N) is 1. The number of carbonyl (C=O) groups excluding carboxylic acids is 2. The molecule has 5 N–H and O–H groups in total. The summed E-state index contributed by atoms with van der Waals surface area (Å²) >= 11 is 0. The Morgan fingerprint density at radius 2 is 1.89 bits per heavy atom. The number of likely N-dealkylation sites (tertiary alicyclic amines) is 1. The molecule has 1 saturated heterocycles. The van der Waals surface area contributed by atoms with Crippen molar-refractivity contribution in [2.24, 2.45) is 11.7 Å². The van der Waals surface area contributed by atoms with Gasteiger partial charge >= 0.3 is 12.0 Å². The number of primary amides is 1. The molecule has 3 amide bonds. The molecule has 0 saturated carbocycles. The van der Waals surface area contributed by atoms with Crippen molar-refractivity contribution in [3.8, 4) is 0 Å². The van der Waals surface area contributed by atoms with Gasteiger partial charge in [0.1, 0.15) is 0 Å². The number of rotatable bonds is 5. The molecule has 0 aliphatic carbocycles. The number of nitrogens with one attached hydrogen (secondary N) is 1. The molecule has 1 fully saturated rings. The highest BCUT2D eigenvalue weighted by molar-refractivity contribution is 5.78. The summed E-state index contributed by atoms with van der Waals surface area (Å²) in [4.78, 5) is 34.6. The number of aliphatic carboxylic acids is 1. The first-order valence-electron chi connectivity index (χ1n) is 6.14. The van der Waals surface area contributed by atoms with Crippen LogP contribution in [0.1, 0.15) is 19.3 Å². The minimum absolute atomic E-state index is 0.0428. The lowest BCUT2D eigenvalue weighted by Gasteiger charge is -2.30. The van der Waals surface area contributed by atoms with Gasteiger partial charge in [-0.25, -0.2) is 9.59 Å². The summed E-state index contributed by atoms with van der Waals surface area (Å²) in [5.74, 6) is -1.83. The van der Waals surface area contributed by atoms with Crippen LogP contribution in [0.3, 0.4) is 0 Å². The van der Waals surface area contributed by atoms with Gasteiger partial charge in [-0.05, 0) is 12.8 Å². The lowest BCUT2D eigenvalue weighted by Crippen LogP contribution is -2.46. The summed E-state index contributed by atoms with van der Waals surface area (Å²) in [6, 6.07) is -0.319. The van der Waals surface area contributed by atoms with Gasteiger partial charge in [0.25, 0.3) is 0 Å². The Morgan fingerprint density at radius 3 is 2.37 bits per heavy atom. The van der Waals surface area contributed by atoms with E-state index in [9.17, 15) is 14.4 Å². The number of carboxylic acid groups (broad SMARTS) is 1. The Balaban J connectivity index is 2.24. The van der Waals surface area contributed by atoms with Crippen molar-refractivity contribution < 1.29 is 24.6 Å². The van der Waals surface area contributed by atoms with Gasteiger partial charge in [0.05, 0.1) is 0 Å². The lowest BCUT2D eigenvalue weighted by atomic mass is 9.96. The van der Waals surface area contributed by atoms with E-state index in [0.717, 1.165) is 0 Å². The van der Waals surface area contributed by atoms with Crippen LogP contribution < -0.4 is 11.1 Å². The Kier molecular flexibility index (Phi) is 5.56. The first-order valence-corrected chi connectivity index (χ1v) is 6.14. The first-order chi connectivity index (χ1) is 8.91. The van der Waals surface area contributed by atoms with Crippen LogP contribution >= 0.6 is 0 Å². The molecule has 0 aromatic carbocycles. The van der Waals surface area contributed by atoms with Crippen molar-refractivity contribution in [1.29, 1.82) is 0 Å². The SMILES string of the molecule is NC(=O)C1CCN(C(=O)NCCC(O)C(=O)O)CC1. The standard InChI is InChI=1S/C11H19N3O5/c12-9(16)7-2-5-14(6-3-7)11(19)13-4-1-8(15)10(17)18/h7-8,15H,1-6H2,(H2,12,16)(H,13,19)(H,17,18). The van der Waals surface area contributed by atoms with Crippen LogP contribution in [-0.4, -0.2) is 58.8 Å². The largest absolute Gasteiger partial charge is 0.479 e. The van der Waals surface area contributed by atoms with Crippen molar-refractivity contribution >= 4 is 17.9 Å². The molecule has 1 heterocycles. The average Bonchev–Trinajstić information content (AvgIpc) is 2.38. The number of carboxylic acids is 1. The molecule has 1 unspecified atom stereocenters. The summed E-state index contributed by atoms with van der Waals surface area (Å²) in [5, 5.41) is 20.0. The highest BCUT2D eigenvalue weighted by Gasteiger charge is 2.25. The zero-order valence-corrected chi connectivity index (χ0v) is 10.5. The fourth-order valence-corrected chi connectivity index (χ4v) is 1.92. The third kappa shape index (κ3) is 4.74. The van der Waals surface area contributed by atoms with Crippen LogP contribution in [0.25, 0.3) is 0 Å². The number of amides is 3. The monoisotopic (exact) mass is 273 g/mol. The molecule has 0 bridgehead atoms. The molecule has 8 heteroatoms. The number of aliphatic hydroxyl groups is 1. The average molecular weight is 273 g/mol. The smallest absolute Gasteiger partial charge is 0.332 e. The van der Waals surface area contributed by atoms with Crippen molar-refractivity contribution in [1.82, 2.24) is 10.2 Å². The highest BCUT2D eigenvalue weighted by atomic mass is 16.4. The number of carbonyl (C=O) groups is 3. The molecule has 0 radical (unpaired) electrons. The fraction of sp³-hybridized carbons (Fsp3) is 0.727. The molecule has 0 aromatic rings. The topological polar surface area (TPSA) is 133 Å². The molecular formula is C11H19N3O5. The second kappa shape index (κ2) is 6.93. The molecule has 108 valence electrons. The lowest BCUT2D eigenvalue weighted by molar-refractivity contribution is -0.146. The molecule has 19 heavy (non-hydrogen) atoms. The van der Waals surface area contributed by atoms with Gasteiger partial charge in [-0.2, -0.15) is 0 Å². The highest BCUT2D eigenvalue weighted by Crippen LogP contribution is 2.16. The summed E-state index contributed by atoms with van der Waals surface area (Å²) in [5.41, 5.74) is 5.19. The van der Waals surface area contributed by atoms with E-state index in [-0.39, 0.29) is 30.8 Å². The van der Waals surface area contributed by atoms with Gasteiger partial charge in [-0.1, -0.05) is 0 Å². The maximum atomic E-state index is 11.7. The zero-order chi connectivity index (χ0) is 14.4. The van der Waals surface area contributed by atoms with Crippen LogP contribution in [0.2, 0.25) is 0 Å². The second-order valence-corrected chi connectivity index (χ2v) is 4.54. The fourth-order valence-electron chi connectivity index (χ4n) is 1.92. The van der Waals surface area contributed by atoms with Gasteiger partial charge in [0.2, 0.25) is 5.91 Å². The number of urea groups is 1. The number of hydrogen-bond donors (Lipinski definition) is 4. The van der Waals surface area contributed by atoms with E-state index in [1.165, 1.54) is 0 Å². The van der Waals surface area contributed by atoms with Crippen LogP contribution in [0.15, 0.2) is 0 Å². The normalized spacial score (nSPS) is 17.8. The van der Waals surface area contributed by atoms with Gasteiger partial charge in [-0.15, -0.1) is 0 Å². The van der Waals surface area contributed by atoms with E-state index in [2.05, 4.69) is 5.32 Å². The van der Waals surface area contributed by atoms with E-state index in [1.807, 2.05) is 0 Å². The molecule has 8 nitrogen and oxygen atoms in total. The van der Waals surface area contributed by atoms with Crippen LogP contribution in [0, 0.1) is 5.92 Å². The van der Waals surface area contributed by atoms with Gasteiger partial charge < -0.3 is 26.2 Å².